The van der Waals surface area contributed by atoms with Crippen molar-refractivity contribution in [2.24, 2.45) is 0 Å². The van der Waals surface area contributed by atoms with Crippen LogP contribution in [0.4, 0.5) is 0 Å². The van der Waals surface area contributed by atoms with Crippen molar-refractivity contribution in [3.63, 3.8) is 0 Å². The Kier molecular flexibility index (Phi) is 3.16. The molecule has 0 spiro atoms. The number of hydrogen-bond acceptors (Lipinski definition) is 4. The van der Waals surface area contributed by atoms with Crippen molar-refractivity contribution in [1.29, 1.82) is 0 Å². The number of nitrogens with zero attached hydrogens (tertiary/aromatic N) is 2. The molecule has 5 nitrogen and oxygen atoms in total. The Morgan fingerprint density at radius 2 is 2.10 bits per heavy atom. The molecule has 0 saturated heterocycles. The molecule has 0 aliphatic heterocycles. The number of H-pyrrole nitrogens is 1. The van der Waals surface area contributed by atoms with Gasteiger partial charge in [-0.3, -0.25) is 0 Å². The van der Waals surface area contributed by atoms with Gasteiger partial charge in [0.15, 0.2) is 5.69 Å². The lowest BCUT2D eigenvalue weighted by Crippen LogP contribution is -2.06. The van der Waals surface area contributed by atoms with Crippen LogP contribution in [-0.2, 0) is 4.74 Å². The summed E-state index contributed by atoms with van der Waals surface area (Å²) in [5.74, 6) is 0.321. The maximum atomic E-state index is 11.6. The molecule has 0 radical (unpaired) electrons. The van der Waals surface area contributed by atoms with Crippen LogP contribution in [0.1, 0.15) is 17.4 Å². The number of nitrogens with one attached hydrogen (secondary N) is 1. The summed E-state index contributed by atoms with van der Waals surface area (Å²) in [7, 11) is 0. The molecule has 0 fully saturated rings. The summed E-state index contributed by atoms with van der Waals surface area (Å²) in [6, 6.07) is 11.4. The molecule has 3 aromatic rings. The summed E-state index contributed by atoms with van der Waals surface area (Å²) >= 11 is 0. The minimum atomic E-state index is -0.432. The van der Waals surface area contributed by atoms with Crippen LogP contribution in [0, 0.1) is 0 Å². The van der Waals surface area contributed by atoms with E-state index in [1.165, 1.54) is 0 Å². The molecule has 0 bridgehead atoms. The molecule has 0 aliphatic carbocycles. The first-order chi connectivity index (χ1) is 9.78. The Labute approximate surface area is 115 Å². The molecule has 0 unspecified atom stereocenters. The van der Waals surface area contributed by atoms with Crippen LogP contribution in [-0.4, -0.2) is 27.5 Å². The number of fused-ring (bicyclic) bond motifs is 1. The van der Waals surface area contributed by atoms with E-state index in [1.807, 2.05) is 30.3 Å². The first kappa shape index (κ1) is 12.3. The molecule has 0 atom stereocenters. The molecular weight excluding hydrogens is 254 g/mol. The van der Waals surface area contributed by atoms with Crippen LogP contribution in [0.2, 0.25) is 0 Å². The topological polar surface area (TPSA) is 67.9 Å². The third-order valence-electron chi connectivity index (χ3n) is 2.90. The summed E-state index contributed by atoms with van der Waals surface area (Å²) in [5.41, 5.74) is 2.74. The minimum Gasteiger partial charge on any atom is -0.461 e. The Morgan fingerprint density at radius 1 is 1.30 bits per heavy atom. The SMILES string of the molecule is CCOC(=O)c1cc2nc(-c3ccccc3)[nH]c2cn1. The number of hydrogen-bond donors (Lipinski definition) is 1. The van der Waals surface area contributed by atoms with Gasteiger partial charge in [-0.05, 0) is 13.0 Å². The van der Waals surface area contributed by atoms with Gasteiger partial charge < -0.3 is 9.72 Å². The summed E-state index contributed by atoms with van der Waals surface area (Å²) in [6.07, 6.45) is 1.60. The van der Waals surface area contributed by atoms with Crippen molar-refractivity contribution in [3.8, 4) is 11.4 Å². The molecule has 1 N–H and O–H groups in total. The number of carbonyl (C=O) groups is 1. The predicted octanol–water partition coefficient (Wildman–Crippen LogP) is 2.80. The largest absolute Gasteiger partial charge is 0.461 e. The molecule has 3 rings (SSSR count). The fourth-order valence-corrected chi connectivity index (χ4v) is 1.96. The molecule has 2 aromatic heterocycles. The number of esters is 1. The standard InChI is InChI=1S/C15H13N3O2/c1-2-20-15(19)12-8-11-13(9-16-12)18-14(17-11)10-6-4-3-5-7-10/h3-9H,2H2,1H3,(H,17,18). The summed E-state index contributed by atoms with van der Waals surface area (Å²) < 4.78 is 4.93. The molecule has 1 aromatic carbocycles. The fourth-order valence-electron chi connectivity index (χ4n) is 1.96. The van der Waals surface area contributed by atoms with Crippen molar-refractivity contribution < 1.29 is 9.53 Å². The first-order valence-electron chi connectivity index (χ1n) is 6.36. The second-order valence-corrected chi connectivity index (χ2v) is 4.26. The van der Waals surface area contributed by atoms with E-state index in [0.29, 0.717) is 12.1 Å². The number of aromatic nitrogens is 3. The second-order valence-electron chi connectivity index (χ2n) is 4.26. The lowest BCUT2D eigenvalue weighted by Gasteiger charge is -1.99. The van der Waals surface area contributed by atoms with Crippen molar-refractivity contribution in [2.45, 2.75) is 6.92 Å². The van der Waals surface area contributed by atoms with E-state index in [-0.39, 0.29) is 5.69 Å². The number of aromatic amines is 1. The highest BCUT2D eigenvalue weighted by atomic mass is 16.5. The van der Waals surface area contributed by atoms with Crippen LogP contribution in [0.5, 0.6) is 0 Å². The predicted molar refractivity (Wildman–Crippen MR) is 75.3 cm³/mol. The number of rotatable bonds is 3. The number of imidazole rings is 1. The highest BCUT2D eigenvalue weighted by molar-refractivity contribution is 5.91. The van der Waals surface area contributed by atoms with E-state index < -0.39 is 5.97 Å². The van der Waals surface area contributed by atoms with Gasteiger partial charge in [-0.1, -0.05) is 30.3 Å². The zero-order valence-electron chi connectivity index (χ0n) is 11.0. The average molecular weight is 267 g/mol. The van der Waals surface area contributed by atoms with Gasteiger partial charge in [0.25, 0.3) is 0 Å². The highest BCUT2D eigenvalue weighted by Gasteiger charge is 2.11. The molecular formula is C15H13N3O2. The van der Waals surface area contributed by atoms with Crippen molar-refractivity contribution >= 4 is 17.0 Å². The van der Waals surface area contributed by atoms with Crippen molar-refractivity contribution in [1.82, 2.24) is 15.0 Å². The number of ether oxygens (including phenoxy) is 1. The second kappa shape index (κ2) is 5.13. The maximum Gasteiger partial charge on any atom is 0.356 e. The first-order valence-corrected chi connectivity index (χ1v) is 6.36. The lowest BCUT2D eigenvalue weighted by atomic mass is 10.2. The third-order valence-corrected chi connectivity index (χ3v) is 2.90. The van der Waals surface area contributed by atoms with Crippen LogP contribution in [0.15, 0.2) is 42.6 Å². The van der Waals surface area contributed by atoms with Gasteiger partial charge in [-0.25, -0.2) is 14.8 Å². The molecule has 0 saturated carbocycles. The average Bonchev–Trinajstić information content (AvgIpc) is 2.91. The third kappa shape index (κ3) is 2.25. The van der Waals surface area contributed by atoms with E-state index in [1.54, 1.807) is 19.2 Å². The van der Waals surface area contributed by atoms with Gasteiger partial charge in [0.05, 0.1) is 23.8 Å². The Morgan fingerprint density at radius 3 is 2.85 bits per heavy atom. The molecule has 0 amide bonds. The van der Waals surface area contributed by atoms with E-state index in [2.05, 4.69) is 15.0 Å². The molecule has 2 heterocycles. The molecule has 20 heavy (non-hydrogen) atoms. The van der Waals surface area contributed by atoms with E-state index in [0.717, 1.165) is 16.9 Å². The van der Waals surface area contributed by atoms with Gasteiger partial charge >= 0.3 is 5.97 Å². The monoisotopic (exact) mass is 267 g/mol. The molecule has 0 aliphatic rings. The number of pyridine rings is 1. The summed E-state index contributed by atoms with van der Waals surface area (Å²) in [6.45, 7) is 2.09. The minimum absolute atomic E-state index is 0.269. The highest BCUT2D eigenvalue weighted by Crippen LogP contribution is 2.20. The van der Waals surface area contributed by atoms with E-state index in [9.17, 15) is 4.79 Å². The molecule has 5 heteroatoms. The van der Waals surface area contributed by atoms with Crippen LogP contribution >= 0.6 is 0 Å². The van der Waals surface area contributed by atoms with Gasteiger partial charge in [-0.2, -0.15) is 0 Å². The van der Waals surface area contributed by atoms with Crippen LogP contribution in [0.3, 0.4) is 0 Å². The summed E-state index contributed by atoms with van der Waals surface area (Å²) in [5, 5.41) is 0. The Bertz CT molecular complexity index is 750. The molecule has 100 valence electrons. The Hall–Kier alpha value is -2.69. The van der Waals surface area contributed by atoms with E-state index in [4.69, 9.17) is 4.74 Å². The van der Waals surface area contributed by atoms with Crippen LogP contribution < -0.4 is 0 Å². The zero-order chi connectivity index (χ0) is 13.9. The van der Waals surface area contributed by atoms with Gasteiger partial charge in [0.1, 0.15) is 5.82 Å². The lowest BCUT2D eigenvalue weighted by molar-refractivity contribution is 0.0519. The van der Waals surface area contributed by atoms with Gasteiger partial charge in [0.2, 0.25) is 0 Å². The number of benzene rings is 1. The smallest absolute Gasteiger partial charge is 0.356 e. The van der Waals surface area contributed by atoms with Gasteiger partial charge in [0, 0.05) is 5.56 Å². The van der Waals surface area contributed by atoms with E-state index >= 15 is 0 Å². The number of carbonyl (C=O) groups excluding carboxylic acids is 1. The van der Waals surface area contributed by atoms with Crippen molar-refractivity contribution in [3.05, 3.63) is 48.3 Å². The Balaban J connectivity index is 2.02. The fraction of sp³-hybridized carbons (Fsp3) is 0.133. The quantitative estimate of drug-likeness (QED) is 0.741. The van der Waals surface area contributed by atoms with Crippen LogP contribution in [0.25, 0.3) is 22.4 Å². The normalized spacial score (nSPS) is 10.7. The zero-order valence-corrected chi connectivity index (χ0v) is 11.0. The maximum absolute atomic E-state index is 11.6. The van der Waals surface area contributed by atoms with Crippen molar-refractivity contribution in [2.75, 3.05) is 6.61 Å². The summed E-state index contributed by atoms with van der Waals surface area (Å²) in [4.78, 5) is 23.4. The van der Waals surface area contributed by atoms with Gasteiger partial charge in [-0.15, -0.1) is 0 Å².